The van der Waals surface area contributed by atoms with Gasteiger partial charge in [-0.15, -0.1) is 0 Å². The molecule has 0 N–H and O–H groups in total. The summed E-state index contributed by atoms with van der Waals surface area (Å²) in [4.78, 5) is 0. The first kappa shape index (κ1) is 9.58. The summed E-state index contributed by atoms with van der Waals surface area (Å²) in [6.45, 7) is 0. The Kier molecular flexibility index (Phi) is 2.56. The fourth-order valence-corrected chi connectivity index (χ4v) is 0.862. The van der Waals surface area contributed by atoms with Crippen LogP contribution in [0.15, 0.2) is 10.7 Å². The van der Waals surface area contributed by atoms with Crippen LogP contribution < -0.4 is 0 Å². The Balaban J connectivity index is 2.85. The van der Waals surface area contributed by atoms with E-state index in [0.29, 0.717) is 0 Å². The van der Waals surface area contributed by atoms with Crippen molar-refractivity contribution >= 4 is 0 Å². The van der Waals surface area contributed by atoms with Crippen LogP contribution in [0.3, 0.4) is 0 Å². The number of rotatable bonds is 2. The number of hydrogen-bond acceptors (Lipinski definition) is 3. The van der Waals surface area contributed by atoms with Crippen LogP contribution in [0.4, 0.5) is 13.2 Å². The molecular weight excluding hydrogens is 185 g/mol. The Morgan fingerprint density at radius 2 is 2.23 bits per heavy atom. The van der Waals surface area contributed by atoms with Gasteiger partial charge in [0.15, 0.2) is 0 Å². The zero-order valence-corrected chi connectivity index (χ0v) is 6.43. The van der Waals surface area contributed by atoms with Crippen LogP contribution in [0.1, 0.15) is 17.7 Å². The predicted octanol–water partition coefficient (Wildman–Crippen LogP) is 2.15. The summed E-state index contributed by atoms with van der Waals surface area (Å²) in [6, 6.07) is 1.75. The molecule has 0 aliphatic rings. The van der Waals surface area contributed by atoms with E-state index in [4.69, 9.17) is 5.26 Å². The van der Waals surface area contributed by atoms with Crippen LogP contribution in [0.2, 0.25) is 0 Å². The molecule has 0 saturated carbocycles. The van der Waals surface area contributed by atoms with Crippen LogP contribution in [0, 0.1) is 11.3 Å². The number of aromatic nitrogens is 1. The van der Waals surface area contributed by atoms with Crippen molar-refractivity contribution in [1.29, 1.82) is 5.26 Å². The summed E-state index contributed by atoms with van der Waals surface area (Å²) in [5, 5.41) is 11.2. The Bertz CT molecular complexity index is 323. The molecule has 0 bridgehead atoms. The molecule has 70 valence electrons. The SMILES string of the molecule is N#CCCc1cnoc1C(F)(F)F. The lowest BCUT2D eigenvalue weighted by Crippen LogP contribution is -2.06. The van der Waals surface area contributed by atoms with E-state index in [1.807, 2.05) is 0 Å². The summed E-state index contributed by atoms with van der Waals surface area (Å²) in [5.41, 5.74) is -0.0750. The molecule has 3 nitrogen and oxygen atoms in total. The minimum atomic E-state index is -4.53. The lowest BCUT2D eigenvalue weighted by molar-refractivity contribution is -0.156. The van der Waals surface area contributed by atoms with E-state index in [2.05, 4.69) is 9.68 Å². The molecule has 1 heterocycles. The third-order valence-electron chi connectivity index (χ3n) is 1.41. The second-order valence-corrected chi connectivity index (χ2v) is 2.34. The van der Waals surface area contributed by atoms with E-state index in [9.17, 15) is 13.2 Å². The van der Waals surface area contributed by atoms with Crippen molar-refractivity contribution in [3.05, 3.63) is 17.5 Å². The normalized spacial score (nSPS) is 11.2. The molecule has 0 unspecified atom stereocenters. The van der Waals surface area contributed by atoms with Crippen molar-refractivity contribution in [2.45, 2.75) is 19.0 Å². The van der Waals surface area contributed by atoms with Crippen LogP contribution in [-0.2, 0) is 12.6 Å². The second-order valence-electron chi connectivity index (χ2n) is 2.34. The van der Waals surface area contributed by atoms with Crippen LogP contribution in [-0.4, -0.2) is 5.16 Å². The molecule has 0 saturated heterocycles. The third-order valence-corrected chi connectivity index (χ3v) is 1.41. The standard InChI is InChI=1S/C7H5F3N2O/c8-7(9,10)6-5(2-1-3-11)4-12-13-6/h4H,1-2H2. The van der Waals surface area contributed by atoms with E-state index in [0.717, 1.165) is 6.20 Å². The van der Waals surface area contributed by atoms with E-state index in [1.54, 1.807) is 6.07 Å². The molecule has 0 atom stereocenters. The zero-order chi connectivity index (χ0) is 9.90. The van der Waals surface area contributed by atoms with Gasteiger partial charge in [-0.2, -0.15) is 18.4 Å². The fourth-order valence-electron chi connectivity index (χ4n) is 0.862. The van der Waals surface area contributed by atoms with Gasteiger partial charge in [-0.1, -0.05) is 5.16 Å². The maximum atomic E-state index is 12.1. The molecular formula is C7H5F3N2O. The van der Waals surface area contributed by atoms with Gasteiger partial charge in [0, 0.05) is 12.0 Å². The molecule has 6 heteroatoms. The Morgan fingerprint density at radius 3 is 2.77 bits per heavy atom. The first-order valence-corrected chi connectivity index (χ1v) is 3.43. The fraction of sp³-hybridized carbons (Fsp3) is 0.429. The van der Waals surface area contributed by atoms with Gasteiger partial charge in [0.25, 0.3) is 0 Å². The van der Waals surface area contributed by atoms with Crippen molar-refractivity contribution in [1.82, 2.24) is 5.16 Å². The average molecular weight is 190 g/mol. The molecule has 1 aromatic rings. The number of aryl methyl sites for hydroxylation is 1. The molecule has 0 amide bonds. The smallest absolute Gasteiger partial charge is 0.351 e. The molecule has 0 radical (unpaired) electrons. The highest BCUT2D eigenvalue weighted by Gasteiger charge is 2.38. The highest BCUT2D eigenvalue weighted by Crippen LogP contribution is 2.32. The van der Waals surface area contributed by atoms with E-state index in [-0.39, 0.29) is 18.4 Å². The summed E-state index contributed by atoms with van der Waals surface area (Å²) >= 11 is 0. The minimum Gasteiger partial charge on any atom is -0.351 e. The third kappa shape index (κ3) is 2.21. The van der Waals surface area contributed by atoms with Gasteiger partial charge >= 0.3 is 6.18 Å². The van der Waals surface area contributed by atoms with Gasteiger partial charge in [-0.05, 0) is 6.42 Å². The van der Waals surface area contributed by atoms with E-state index >= 15 is 0 Å². The van der Waals surface area contributed by atoms with E-state index in [1.165, 1.54) is 0 Å². The lowest BCUT2D eigenvalue weighted by Gasteiger charge is -2.02. The average Bonchev–Trinajstić information content (AvgIpc) is 2.47. The minimum absolute atomic E-state index is 0.00877. The second kappa shape index (κ2) is 3.47. The Hall–Kier alpha value is -1.51. The van der Waals surface area contributed by atoms with Gasteiger partial charge in [-0.25, -0.2) is 0 Å². The molecule has 0 spiro atoms. The molecule has 0 fully saturated rings. The van der Waals surface area contributed by atoms with Crippen molar-refractivity contribution in [3.8, 4) is 6.07 Å². The Labute approximate surface area is 71.7 Å². The van der Waals surface area contributed by atoms with Gasteiger partial charge in [0.2, 0.25) is 5.76 Å². The Morgan fingerprint density at radius 1 is 1.54 bits per heavy atom. The molecule has 1 rings (SSSR count). The van der Waals surface area contributed by atoms with Crippen molar-refractivity contribution in [2.24, 2.45) is 0 Å². The highest BCUT2D eigenvalue weighted by molar-refractivity contribution is 5.17. The van der Waals surface area contributed by atoms with E-state index < -0.39 is 11.9 Å². The number of nitriles is 1. The summed E-state index contributed by atoms with van der Waals surface area (Å²) < 4.78 is 40.3. The molecule has 0 aliphatic heterocycles. The number of halogens is 3. The summed E-state index contributed by atoms with van der Waals surface area (Å²) in [7, 11) is 0. The molecule has 13 heavy (non-hydrogen) atoms. The molecule has 1 aromatic heterocycles. The number of hydrogen-bond donors (Lipinski definition) is 0. The maximum Gasteiger partial charge on any atom is 0.452 e. The topological polar surface area (TPSA) is 49.8 Å². The van der Waals surface area contributed by atoms with Gasteiger partial charge < -0.3 is 4.52 Å². The number of nitrogens with zero attached hydrogens (tertiary/aromatic N) is 2. The lowest BCUT2D eigenvalue weighted by atomic mass is 10.1. The number of alkyl halides is 3. The summed E-state index contributed by atoms with van der Waals surface area (Å²) in [5.74, 6) is -1.11. The first-order chi connectivity index (χ1) is 6.05. The van der Waals surface area contributed by atoms with Crippen LogP contribution in [0.5, 0.6) is 0 Å². The summed E-state index contributed by atoms with van der Waals surface area (Å²) in [6.07, 6.45) is -3.51. The van der Waals surface area contributed by atoms with Crippen LogP contribution in [0.25, 0.3) is 0 Å². The zero-order valence-electron chi connectivity index (χ0n) is 6.43. The highest BCUT2D eigenvalue weighted by atomic mass is 19.4. The largest absolute Gasteiger partial charge is 0.452 e. The predicted molar refractivity (Wildman–Crippen MR) is 35.4 cm³/mol. The van der Waals surface area contributed by atoms with Gasteiger partial charge in [-0.3, -0.25) is 0 Å². The van der Waals surface area contributed by atoms with Crippen molar-refractivity contribution in [3.63, 3.8) is 0 Å². The quantitative estimate of drug-likeness (QED) is 0.717. The first-order valence-electron chi connectivity index (χ1n) is 3.43. The molecule has 0 aliphatic carbocycles. The van der Waals surface area contributed by atoms with Crippen molar-refractivity contribution < 1.29 is 17.7 Å². The van der Waals surface area contributed by atoms with Gasteiger partial charge in [0.05, 0.1) is 12.3 Å². The van der Waals surface area contributed by atoms with Crippen LogP contribution >= 0.6 is 0 Å². The monoisotopic (exact) mass is 190 g/mol. The van der Waals surface area contributed by atoms with Crippen molar-refractivity contribution in [2.75, 3.05) is 0 Å². The van der Waals surface area contributed by atoms with Gasteiger partial charge in [0.1, 0.15) is 0 Å². The molecule has 0 aromatic carbocycles. The maximum absolute atomic E-state index is 12.1.